The lowest BCUT2D eigenvalue weighted by Gasteiger charge is -2.22. The molecule has 0 aliphatic carbocycles. The Morgan fingerprint density at radius 2 is 1.56 bits per heavy atom. The number of carbonyl (C=O) groups excluding carboxylic acids is 1. The molecule has 0 saturated carbocycles. The highest BCUT2D eigenvalue weighted by Crippen LogP contribution is 2.35. The van der Waals surface area contributed by atoms with Crippen LogP contribution < -0.4 is 10.1 Å². The number of carbonyl (C=O) groups is 1. The Bertz CT molecular complexity index is 1410. The van der Waals surface area contributed by atoms with Gasteiger partial charge in [0.25, 0.3) is 0 Å². The molecule has 0 atom stereocenters. The van der Waals surface area contributed by atoms with Crippen LogP contribution in [0.5, 0.6) is 11.6 Å². The smallest absolute Gasteiger partial charge is 0.417 e. The number of ether oxygens (including phenoxy) is 2. The minimum Gasteiger partial charge on any atom is -0.444 e. The number of aromatic nitrogens is 2. The predicted octanol–water partition coefficient (Wildman–Crippen LogP) is 7.61. The van der Waals surface area contributed by atoms with Gasteiger partial charge >= 0.3 is 18.2 Å². The first-order valence-corrected chi connectivity index (χ1v) is 11.8. The fourth-order valence-corrected chi connectivity index (χ4v) is 3.38. The number of amides is 1. The summed E-state index contributed by atoms with van der Waals surface area (Å²) < 4.78 is 77.7. The maximum atomic E-state index is 14.6. The molecule has 3 rings (SSSR count). The van der Waals surface area contributed by atoms with Crippen molar-refractivity contribution in [3.8, 4) is 23.5 Å². The third kappa shape index (κ3) is 8.70. The molecule has 3 aromatic rings. The van der Waals surface area contributed by atoms with E-state index in [0.717, 1.165) is 6.20 Å². The van der Waals surface area contributed by atoms with E-state index >= 15 is 0 Å². The van der Waals surface area contributed by atoms with Crippen LogP contribution in [0.1, 0.15) is 43.2 Å². The summed E-state index contributed by atoms with van der Waals surface area (Å²) in [5.41, 5.74) is -1.83. The summed E-state index contributed by atoms with van der Waals surface area (Å²) in [7, 11) is 0. The molecular weight excluding hydrogens is 568 g/mol. The van der Waals surface area contributed by atoms with Crippen LogP contribution in [0.4, 0.5) is 26.7 Å². The van der Waals surface area contributed by atoms with E-state index in [9.17, 15) is 26.7 Å². The standard InChI is InChI=1S/C26H20Cl2F5N3O3/c1-24(2,3)39-23(37)36-14-25(29,30)21-19(27)10-16(12-34-21)5-4-15-6-8-18(9-7-15)38-22-20(28)11-17(13-35-22)26(31,32)33/h6-13H,14H2,1-3H3,(H,36,37). The van der Waals surface area contributed by atoms with Gasteiger partial charge in [-0.1, -0.05) is 35.0 Å². The van der Waals surface area contributed by atoms with Crippen molar-refractivity contribution in [2.24, 2.45) is 0 Å². The average Bonchev–Trinajstić information content (AvgIpc) is 2.82. The number of benzene rings is 1. The number of alkyl halides is 5. The molecule has 6 nitrogen and oxygen atoms in total. The van der Waals surface area contributed by atoms with Gasteiger partial charge < -0.3 is 14.8 Å². The number of nitrogens with zero attached hydrogens (tertiary/aromatic N) is 2. The molecule has 13 heteroatoms. The normalized spacial score (nSPS) is 11.8. The summed E-state index contributed by atoms with van der Waals surface area (Å²) in [6.07, 6.45) is -3.87. The van der Waals surface area contributed by atoms with E-state index in [1.807, 2.05) is 5.32 Å². The zero-order chi connectivity index (χ0) is 29.0. The van der Waals surface area contributed by atoms with Crippen molar-refractivity contribution >= 4 is 29.3 Å². The summed E-state index contributed by atoms with van der Waals surface area (Å²) >= 11 is 11.9. The highest BCUT2D eigenvalue weighted by atomic mass is 35.5. The van der Waals surface area contributed by atoms with Crippen LogP contribution in [0.2, 0.25) is 10.0 Å². The molecule has 0 aliphatic heterocycles. The first-order valence-electron chi connectivity index (χ1n) is 11.1. The molecule has 0 unspecified atom stereocenters. The summed E-state index contributed by atoms with van der Waals surface area (Å²) in [5, 5.41) is 1.34. The maximum absolute atomic E-state index is 14.6. The van der Waals surface area contributed by atoms with Gasteiger partial charge in [0.1, 0.15) is 22.1 Å². The molecule has 0 saturated heterocycles. The van der Waals surface area contributed by atoms with Crippen molar-refractivity contribution in [1.29, 1.82) is 0 Å². The molecule has 1 N–H and O–H groups in total. The first kappa shape index (κ1) is 29.9. The van der Waals surface area contributed by atoms with Crippen LogP contribution in [-0.4, -0.2) is 28.2 Å². The van der Waals surface area contributed by atoms with Crippen LogP contribution in [-0.2, 0) is 16.8 Å². The fraction of sp³-hybridized carbons (Fsp3) is 0.269. The Kier molecular flexibility index (Phi) is 8.93. The van der Waals surface area contributed by atoms with Crippen molar-refractivity contribution in [2.75, 3.05) is 6.54 Å². The molecule has 2 aromatic heterocycles. The van der Waals surface area contributed by atoms with Crippen molar-refractivity contribution in [3.63, 3.8) is 0 Å². The van der Waals surface area contributed by atoms with E-state index in [2.05, 4.69) is 21.8 Å². The Morgan fingerprint density at radius 3 is 2.13 bits per heavy atom. The van der Waals surface area contributed by atoms with E-state index in [-0.39, 0.29) is 27.2 Å². The second-order valence-electron chi connectivity index (χ2n) is 9.00. The Balaban J connectivity index is 1.66. The van der Waals surface area contributed by atoms with Crippen molar-refractivity contribution in [3.05, 3.63) is 81.2 Å². The molecule has 39 heavy (non-hydrogen) atoms. The number of rotatable bonds is 5. The number of nitrogens with one attached hydrogen (secondary N) is 1. The number of hydrogen-bond acceptors (Lipinski definition) is 5. The molecular formula is C26H20Cl2F5N3O3. The Hall–Kier alpha value is -3.62. The van der Waals surface area contributed by atoms with E-state index in [1.54, 1.807) is 32.9 Å². The second kappa shape index (κ2) is 11.6. The quantitative estimate of drug-likeness (QED) is 0.245. The molecule has 1 amide bonds. The van der Waals surface area contributed by atoms with Gasteiger partial charge in [-0.3, -0.25) is 4.98 Å². The van der Waals surface area contributed by atoms with Gasteiger partial charge in [-0.25, -0.2) is 9.78 Å². The number of halogens is 7. The molecule has 0 radical (unpaired) electrons. The van der Waals surface area contributed by atoms with E-state index in [1.165, 1.54) is 18.2 Å². The summed E-state index contributed by atoms with van der Waals surface area (Å²) in [6, 6.07) is 8.02. The van der Waals surface area contributed by atoms with Gasteiger partial charge in [-0.05, 0) is 57.2 Å². The summed E-state index contributed by atoms with van der Waals surface area (Å²) in [5.74, 6) is 2.01. The van der Waals surface area contributed by atoms with Crippen molar-refractivity contribution in [2.45, 2.75) is 38.5 Å². The molecule has 0 spiro atoms. The molecule has 0 bridgehead atoms. The summed E-state index contributed by atoms with van der Waals surface area (Å²) in [4.78, 5) is 19.0. The SMILES string of the molecule is CC(C)(C)OC(=O)NCC(F)(F)c1ncc(C#Cc2ccc(Oc3ncc(C(F)(F)F)cc3Cl)cc2)cc1Cl. The Labute approximate surface area is 230 Å². The average molecular weight is 588 g/mol. The van der Waals surface area contributed by atoms with E-state index in [4.69, 9.17) is 32.7 Å². The van der Waals surface area contributed by atoms with Gasteiger partial charge in [0.05, 0.1) is 17.1 Å². The minimum absolute atomic E-state index is 0.206. The molecule has 1 aromatic carbocycles. The maximum Gasteiger partial charge on any atom is 0.417 e. The lowest BCUT2D eigenvalue weighted by Crippen LogP contribution is -2.39. The van der Waals surface area contributed by atoms with E-state index < -0.39 is 41.6 Å². The second-order valence-corrected chi connectivity index (χ2v) is 9.81. The van der Waals surface area contributed by atoms with E-state index in [0.29, 0.717) is 17.8 Å². The van der Waals surface area contributed by atoms with Crippen LogP contribution >= 0.6 is 23.2 Å². The third-order valence-electron chi connectivity index (χ3n) is 4.60. The lowest BCUT2D eigenvalue weighted by molar-refractivity contribution is -0.137. The van der Waals surface area contributed by atoms with Crippen molar-refractivity contribution in [1.82, 2.24) is 15.3 Å². The zero-order valence-electron chi connectivity index (χ0n) is 20.6. The van der Waals surface area contributed by atoms with Gasteiger partial charge in [0.2, 0.25) is 5.88 Å². The van der Waals surface area contributed by atoms with Crippen LogP contribution in [0.25, 0.3) is 0 Å². The largest absolute Gasteiger partial charge is 0.444 e. The monoisotopic (exact) mass is 587 g/mol. The zero-order valence-corrected chi connectivity index (χ0v) is 22.1. The number of alkyl carbamates (subject to hydrolysis) is 1. The fourth-order valence-electron chi connectivity index (χ4n) is 2.87. The van der Waals surface area contributed by atoms with Gasteiger partial charge in [-0.15, -0.1) is 0 Å². The van der Waals surface area contributed by atoms with Crippen molar-refractivity contribution < 1.29 is 36.2 Å². The van der Waals surface area contributed by atoms with Gasteiger partial charge in [0.15, 0.2) is 0 Å². The molecule has 2 heterocycles. The van der Waals surface area contributed by atoms with Gasteiger partial charge in [-0.2, -0.15) is 22.0 Å². The highest BCUT2D eigenvalue weighted by molar-refractivity contribution is 6.32. The third-order valence-corrected chi connectivity index (χ3v) is 5.15. The molecule has 0 aliphatic rings. The topological polar surface area (TPSA) is 73.3 Å². The van der Waals surface area contributed by atoms with Gasteiger partial charge in [0, 0.05) is 23.5 Å². The molecule has 0 fully saturated rings. The highest BCUT2D eigenvalue weighted by Gasteiger charge is 2.37. The first-order chi connectivity index (χ1) is 18.0. The predicted molar refractivity (Wildman–Crippen MR) is 134 cm³/mol. The Morgan fingerprint density at radius 1 is 0.923 bits per heavy atom. The number of pyridine rings is 2. The lowest BCUT2D eigenvalue weighted by atomic mass is 10.1. The van der Waals surface area contributed by atoms with Crippen LogP contribution in [0, 0.1) is 11.8 Å². The number of hydrogen-bond donors (Lipinski definition) is 1. The van der Waals surface area contributed by atoms with Crippen LogP contribution in [0.3, 0.4) is 0 Å². The summed E-state index contributed by atoms with van der Waals surface area (Å²) in [6.45, 7) is 3.73. The minimum atomic E-state index is -4.59. The molecule has 206 valence electrons. The van der Waals surface area contributed by atoms with Crippen LogP contribution in [0.15, 0.2) is 48.8 Å².